The highest BCUT2D eigenvalue weighted by atomic mass is 16.2. The highest BCUT2D eigenvalue weighted by Gasteiger charge is 2.23. The molecule has 4 amide bonds. The summed E-state index contributed by atoms with van der Waals surface area (Å²) in [5.74, 6) is -0.675. The topological polar surface area (TPSA) is 105 Å². The minimum atomic E-state index is -0.455. The fraction of sp³-hybridized carbons (Fsp3) is 0.125. The van der Waals surface area contributed by atoms with Crippen molar-refractivity contribution in [2.45, 2.75) is 13.0 Å². The number of urea groups is 1. The minimum Gasteiger partial charge on any atom is -0.366 e. The highest BCUT2D eigenvalue weighted by molar-refractivity contribution is 6.04. The summed E-state index contributed by atoms with van der Waals surface area (Å²) in [5, 5.41) is 5.71. The van der Waals surface area contributed by atoms with E-state index in [0.29, 0.717) is 42.0 Å². The van der Waals surface area contributed by atoms with E-state index >= 15 is 0 Å². The molecule has 31 heavy (non-hydrogen) atoms. The molecule has 3 aromatic rings. The first kappa shape index (κ1) is 20.2. The predicted molar refractivity (Wildman–Crippen MR) is 119 cm³/mol. The number of benzene rings is 3. The maximum atomic E-state index is 12.8. The lowest BCUT2D eigenvalue weighted by Crippen LogP contribution is -2.39. The number of carbonyl (C=O) groups excluding carboxylic acids is 3. The fourth-order valence-corrected chi connectivity index (χ4v) is 3.68. The summed E-state index contributed by atoms with van der Waals surface area (Å²) in [7, 11) is 0. The molecule has 1 aliphatic rings. The Kier molecular flexibility index (Phi) is 5.66. The molecular formula is C24H22N4O3. The SMILES string of the molecule is NC(=O)c1cccc2c1CCN(C(=O)Nc1cccc(NC(=O)c3ccccc3)c1)C2. The van der Waals surface area contributed by atoms with Crippen LogP contribution in [0, 0.1) is 0 Å². The van der Waals surface area contributed by atoms with Crippen LogP contribution in [0.3, 0.4) is 0 Å². The second-order valence-electron chi connectivity index (χ2n) is 7.31. The number of anilines is 2. The van der Waals surface area contributed by atoms with E-state index < -0.39 is 5.91 Å². The van der Waals surface area contributed by atoms with Crippen LogP contribution in [-0.2, 0) is 13.0 Å². The van der Waals surface area contributed by atoms with Crippen LogP contribution in [-0.4, -0.2) is 29.3 Å². The smallest absolute Gasteiger partial charge is 0.322 e. The summed E-state index contributed by atoms with van der Waals surface area (Å²) >= 11 is 0. The number of nitrogens with two attached hydrogens (primary N) is 1. The Bertz CT molecular complexity index is 1140. The van der Waals surface area contributed by atoms with Crippen LogP contribution in [0.1, 0.15) is 31.8 Å². The Morgan fingerprint density at radius 2 is 1.55 bits per heavy atom. The van der Waals surface area contributed by atoms with E-state index in [-0.39, 0.29) is 11.9 Å². The zero-order valence-corrected chi connectivity index (χ0v) is 16.8. The van der Waals surface area contributed by atoms with Gasteiger partial charge in [0.25, 0.3) is 5.91 Å². The molecule has 0 aromatic heterocycles. The van der Waals surface area contributed by atoms with Crippen LogP contribution in [0.5, 0.6) is 0 Å². The van der Waals surface area contributed by atoms with Crippen molar-refractivity contribution in [3.63, 3.8) is 0 Å². The molecule has 1 aliphatic heterocycles. The lowest BCUT2D eigenvalue weighted by molar-refractivity contribution is 0.0996. The standard InChI is InChI=1S/C24H22N4O3/c25-22(29)21-11-4-8-17-15-28(13-12-20(17)21)24(31)27-19-10-5-9-18(14-19)26-23(30)16-6-2-1-3-7-16/h1-11,14H,12-13,15H2,(H2,25,29)(H,26,30)(H,27,31). The zero-order chi connectivity index (χ0) is 21.8. The van der Waals surface area contributed by atoms with Gasteiger partial charge in [0.15, 0.2) is 0 Å². The first-order valence-corrected chi connectivity index (χ1v) is 9.94. The van der Waals surface area contributed by atoms with Gasteiger partial charge in [-0.15, -0.1) is 0 Å². The molecular weight excluding hydrogens is 392 g/mol. The lowest BCUT2D eigenvalue weighted by Gasteiger charge is -2.30. The van der Waals surface area contributed by atoms with Crippen molar-refractivity contribution >= 4 is 29.2 Å². The third-order valence-corrected chi connectivity index (χ3v) is 5.23. The number of nitrogens with one attached hydrogen (secondary N) is 2. The van der Waals surface area contributed by atoms with Gasteiger partial charge in [0.2, 0.25) is 5.91 Å². The van der Waals surface area contributed by atoms with E-state index in [2.05, 4.69) is 10.6 Å². The number of nitrogens with zero attached hydrogens (tertiary/aromatic N) is 1. The van der Waals surface area contributed by atoms with Crippen molar-refractivity contribution in [1.82, 2.24) is 4.90 Å². The van der Waals surface area contributed by atoms with Crippen molar-refractivity contribution in [3.05, 3.63) is 95.1 Å². The molecule has 0 atom stereocenters. The molecule has 3 aromatic carbocycles. The van der Waals surface area contributed by atoms with Gasteiger partial charge >= 0.3 is 6.03 Å². The number of fused-ring (bicyclic) bond motifs is 1. The molecule has 0 aliphatic carbocycles. The number of rotatable bonds is 4. The average Bonchev–Trinajstić information content (AvgIpc) is 2.79. The van der Waals surface area contributed by atoms with E-state index in [1.807, 2.05) is 12.1 Å². The zero-order valence-electron chi connectivity index (χ0n) is 16.8. The summed E-state index contributed by atoms with van der Waals surface area (Å²) < 4.78 is 0. The van der Waals surface area contributed by atoms with Crippen LogP contribution in [0.4, 0.5) is 16.2 Å². The molecule has 7 nitrogen and oxygen atoms in total. The van der Waals surface area contributed by atoms with Crippen LogP contribution in [0.2, 0.25) is 0 Å². The first-order chi connectivity index (χ1) is 15.0. The van der Waals surface area contributed by atoms with Crippen molar-refractivity contribution in [2.75, 3.05) is 17.2 Å². The number of primary amides is 1. The van der Waals surface area contributed by atoms with Gasteiger partial charge in [0.05, 0.1) is 0 Å². The van der Waals surface area contributed by atoms with Gasteiger partial charge in [0.1, 0.15) is 0 Å². The molecule has 4 rings (SSSR count). The van der Waals surface area contributed by atoms with E-state index in [1.54, 1.807) is 65.6 Å². The summed E-state index contributed by atoms with van der Waals surface area (Å²) in [6.45, 7) is 0.875. The van der Waals surface area contributed by atoms with Gasteiger partial charge < -0.3 is 21.3 Å². The van der Waals surface area contributed by atoms with E-state index in [4.69, 9.17) is 5.73 Å². The van der Waals surface area contributed by atoms with Crippen molar-refractivity contribution in [1.29, 1.82) is 0 Å². The first-order valence-electron chi connectivity index (χ1n) is 9.94. The molecule has 7 heteroatoms. The quantitative estimate of drug-likeness (QED) is 0.607. The second kappa shape index (κ2) is 8.71. The Morgan fingerprint density at radius 3 is 2.29 bits per heavy atom. The van der Waals surface area contributed by atoms with Crippen molar-refractivity contribution in [2.24, 2.45) is 5.73 Å². The van der Waals surface area contributed by atoms with Gasteiger partial charge in [-0.2, -0.15) is 0 Å². The lowest BCUT2D eigenvalue weighted by atomic mass is 9.94. The normalized spacial score (nSPS) is 12.6. The summed E-state index contributed by atoms with van der Waals surface area (Å²) in [6.07, 6.45) is 0.565. The number of hydrogen-bond acceptors (Lipinski definition) is 3. The average molecular weight is 414 g/mol. The predicted octanol–water partition coefficient (Wildman–Crippen LogP) is 3.63. The van der Waals surface area contributed by atoms with Gasteiger partial charge in [-0.3, -0.25) is 9.59 Å². The van der Waals surface area contributed by atoms with Gasteiger partial charge in [-0.05, 0) is 53.9 Å². The Morgan fingerprint density at radius 1 is 0.839 bits per heavy atom. The van der Waals surface area contributed by atoms with Crippen LogP contribution < -0.4 is 16.4 Å². The maximum absolute atomic E-state index is 12.8. The second-order valence-corrected chi connectivity index (χ2v) is 7.31. The van der Waals surface area contributed by atoms with Gasteiger partial charge in [0, 0.05) is 35.6 Å². The Balaban J connectivity index is 1.42. The van der Waals surface area contributed by atoms with Gasteiger partial charge in [-0.25, -0.2) is 4.79 Å². The molecule has 0 saturated heterocycles. The molecule has 0 saturated carbocycles. The monoisotopic (exact) mass is 414 g/mol. The third-order valence-electron chi connectivity index (χ3n) is 5.23. The summed E-state index contributed by atoms with van der Waals surface area (Å²) in [4.78, 5) is 38.4. The number of hydrogen-bond donors (Lipinski definition) is 3. The van der Waals surface area contributed by atoms with Gasteiger partial charge in [-0.1, -0.05) is 36.4 Å². The van der Waals surface area contributed by atoms with Crippen LogP contribution in [0.25, 0.3) is 0 Å². The van der Waals surface area contributed by atoms with Crippen LogP contribution in [0.15, 0.2) is 72.8 Å². The fourth-order valence-electron chi connectivity index (χ4n) is 3.68. The Hall–Kier alpha value is -4.13. The molecule has 0 bridgehead atoms. The molecule has 0 fully saturated rings. The summed E-state index contributed by atoms with van der Waals surface area (Å²) in [5.41, 5.74) is 9.51. The highest BCUT2D eigenvalue weighted by Crippen LogP contribution is 2.24. The van der Waals surface area contributed by atoms with Crippen molar-refractivity contribution in [3.8, 4) is 0 Å². The van der Waals surface area contributed by atoms with Crippen molar-refractivity contribution < 1.29 is 14.4 Å². The minimum absolute atomic E-state index is 0.220. The summed E-state index contributed by atoms with van der Waals surface area (Å²) in [6, 6.07) is 21.1. The largest absolute Gasteiger partial charge is 0.366 e. The molecule has 0 radical (unpaired) electrons. The number of amides is 4. The maximum Gasteiger partial charge on any atom is 0.322 e. The Labute approximate surface area is 179 Å². The third kappa shape index (κ3) is 4.56. The molecule has 1 heterocycles. The van der Waals surface area contributed by atoms with E-state index in [1.165, 1.54) is 0 Å². The molecule has 4 N–H and O–H groups in total. The van der Waals surface area contributed by atoms with E-state index in [0.717, 1.165) is 11.1 Å². The van der Waals surface area contributed by atoms with Crippen LogP contribution >= 0.6 is 0 Å². The molecule has 156 valence electrons. The number of carbonyl (C=O) groups is 3. The molecule has 0 spiro atoms. The molecule has 0 unspecified atom stereocenters. The van der Waals surface area contributed by atoms with E-state index in [9.17, 15) is 14.4 Å².